The zero-order chi connectivity index (χ0) is 9.97. The van der Waals surface area contributed by atoms with E-state index in [0.29, 0.717) is 15.2 Å². The lowest BCUT2D eigenvalue weighted by atomic mass is 10.5. The molecule has 0 atom stereocenters. The monoisotopic (exact) mass is 227 g/mol. The Balaban J connectivity index is 2.28. The molecule has 0 unspecified atom stereocenters. The zero-order valence-corrected chi connectivity index (χ0v) is 8.83. The molecule has 0 bridgehead atoms. The van der Waals surface area contributed by atoms with Crippen LogP contribution in [-0.2, 0) is 7.05 Å². The second-order valence-corrected chi connectivity index (χ2v) is 3.84. The molecule has 0 aliphatic heterocycles. The number of rotatable bonds is 2. The van der Waals surface area contributed by atoms with Gasteiger partial charge in [-0.25, -0.2) is 9.67 Å². The maximum absolute atomic E-state index is 5.93. The van der Waals surface area contributed by atoms with Crippen molar-refractivity contribution in [3.05, 3.63) is 23.4 Å². The second kappa shape index (κ2) is 3.93. The molecule has 0 aliphatic carbocycles. The molecule has 0 saturated heterocycles. The summed E-state index contributed by atoms with van der Waals surface area (Å²) < 4.78 is 1.57. The van der Waals surface area contributed by atoms with Crippen LogP contribution in [0.2, 0.25) is 5.02 Å². The van der Waals surface area contributed by atoms with Crippen molar-refractivity contribution in [1.82, 2.24) is 25.2 Å². The SMILES string of the molecule is Cn1nnnc1Sc1ncccc1Cl. The number of halogens is 1. The molecule has 7 heteroatoms. The highest BCUT2D eigenvalue weighted by Crippen LogP contribution is 2.28. The Kier molecular flexibility index (Phi) is 2.64. The molecule has 14 heavy (non-hydrogen) atoms. The number of hydrogen-bond donors (Lipinski definition) is 0. The molecule has 2 aromatic heterocycles. The molecule has 0 aromatic carbocycles. The van der Waals surface area contributed by atoms with E-state index in [4.69, 9.17) is 11.6 Å². The van der Waals surface area contributed by atoms with Gasteiger partial charge in [0.1, 0.15) is 5.03 Å². The summed E-state index contributed by atoms with van der Waals surface area (Å²) in [4.78, 5) is 4.12. The summed E-state index contributed by atoms with van der Waals surface area (Å²) in [5.41, 5.74) is 0. The Morgan fingerprint density at radius 2 is 2.36 bits per heavy atom. The van der Waals surface area contributed by atoms with E-state index < -0.39 is 0 Å². The van der Waals surface area contributed by atoms with Gasteiger partial charge in [-0.1, -0.05) is 11.6 Å². The average Bonchev–Trinajstić information content (AvgIpc) is 2.56. The van der Waals surface area contributed by atoms with Gasteiger partial charge in [-0.15, -0.1) is 5.10 Å². The van der Waals surface area contributed by atoms with E-state index in [9.17, 15) is 0 Å². The van der Waals surface area contributed by atoms with Crippen LogP contribution in [0.15, 0.2) is 28.5 Å². The summed E-state index contributed by atoms with van der Waals surface area (Å²) in [5.74, 6) is 0. The second-order valence-electron chi connectivity index (χ2n) is 2.48. The molecule has 0 amide bonds. The smallest absolute Gasteiger partial charge is 0.215 e. The van der Waals surface area contributed by atoms with Crippen molar-refractivity contribution in [2.75, 3.05) is 0 Å². The van der Waals surface area contributed by atoms with Gasteiger partial charge in [0.25, 0.3) is 0 Å². The largest absolute Gasteiger partial charge is 0.248 e. The molecule has 0 aliphatic rings. The van der Waals surface area contributed by atoms with Crippen LogP contribution in [0.25, 0.3) is 0 Å². The van der Waals surface area contributed by atoms with Crippen LogP contribution < -0.4 is 0 Å². The van der Waals surface area contributed by atoms with E-state index in [1.54, 1.807) is 30.1 Å². The Morgan fingerprint density at radius 3 is 3.00 bits per heavy atom. The molecular formula is C7H6ClN5S. The van der Waals surface area contributed by atoms with Gasteiger partial charge >= 0.3 is 0 Å². The van der Waals surface area contributed by atoms with Crippen molar-refractivity contribution in [2.24, 2.45) is 7.05 Å². The van der Waals surface area contributed by atoms with Crippen molar-refractivity contribution in [3.8, 4) is 0 Å². The highest BCUT2D eigenvalue weighted by atomic mass is 35.5. The number of nitrogens with zero attached hydrogens (tertiary/aromatic N) is 5. The lowest BCUT2D eigenvalue weighted by Gasteiger charge is -1.99. The molecular weight excluding hydrogens is 222 g/mol. The van der Waals surface area contributed by atoms with Gasteiger partial charge in [-0.2, -0.15) is 0 Å². The third kappa shape index (κ3) is 1.85. The Morgan fingerprint density at radius 1 is 1.50 bits per heavy atom. The highest BCUT2D eigenvalue weighted by Gasteiger charge is 2.08. The number of aryl methyl sites for hydroxylation is 1. The third-order valence-electron chi connectivity index (χ3n) is 1.49. The van der Waals surface area contributed by atoms with Crippen LogP contribution in [0, 0.1) is 0 Å². The first-order valence-electron chi connectivity index (χ1n) is 3.78. The molecule has 0 radical (unpaired) electrons. The van der Waals surface area contributed by atoms with Crippen molar-refractivity contribution >= 4 is 23.4 Å². The predicted octanol–water partition coefficient (Wildman–Crippen LogP) is 1.41. The standard InChI is InChI=1S/C7H6ClN5S/c1-13-7(10-11-12-13)14-6-5(8)3-2-4-9-6/h2-4H,1H3. The van der Waals surface area contributed by atoms with Gasteiger partial charge in [0.15, 0.2) is 0 Å². The number of pyridine rings is 1. The van der Waals surface area contributed by atoms with Crippen LogP contribution in [0.5, 0.6) is 0 Å². The molecule has 72 valence electrons. The van der Waals surface area contributed by atoms with Crippen LogP contribution >= 0.6 is 23.4 Å². The Labute approximate surface area is 89.5 Å². The summed E-state index contributed by atoms with van der Waals surface area (Å²) in [5, 5.41) is 13.0. The lowest BCUT2D eigenvalue weighted by Crippen LogP contribution is -1.93. The van der Waals surface area contributed by atoms with Gasteiger partial charge in [-0.05, 0) is 34.3 Å². The summed E-state index contributed by atoms with van der Waals surface area (Å²) in [6, 6.07) is 3.56. The minimum Gasteiger partial charge on any atom is -0.248 e. The Hall–Kier alpha value is -1.14. The fourth-order valence-electron chi connectivity index (χ4n) is 0.840. The molecule has 0 saturated carbocycles. The highest BCUT2D eigenvalue weighted by molar-refractivity contribution is 7.99. The van der Waals surface area contributed by atoms with Crippen molar-refractivity contribution in [3.63, 3.8) is 0 Å². The first-order valence-corrected chi connectivity index (χ1v) is 4.97. The van der Waals surface area contributed by atoms with Gasteiger partial charge < -0.3 is 0 Å². The minimum atomic E-state index is 0.598. The molecule has 2 heterocycles. The maximum Gasteiger partial charge on any atom is 0.215 e. The molecule has 2 aromatic rings. The summed E-state index contributed by atoms with van der Waals surface area (Å²) >= 11 is 7.26. The molecule has 5 nitrogen and oxygen atoms in total. The minimum absolute atomic E-state index is 0.598. The van der Waals surface area contributed by atoms with E-state index >= 15 is 0 Å². The topological polar surface area (TPSA) is 56.5 Å². The lowest BCUT2D eigenvalue weighted by molar-refractivity contribution is 0.664. The summed E-state index contributed by atoms with van der Waals surface area (Å²) in [7, 11) is 1.76. The van der Waals surface area contributed by atoms with Crippen LogP contribution in [-0.4, -0.2) is 25.2 Å². The zero-order valence-electron chi connectivity index (χ0n) is 7.25. The molecule has 0 fully saturated rings. The number of tetrazole rings is 1. The first-order chi connectivity index (χ1) is 6.77. The van der Waals surface area contributed by atoms with Crippen LogP contribution in [0.4, 0.5) is 0 Å². The van der Waals surface area contributed by atoms with Crippen LogP contribution in [0.3, 0.4) is 0 Å². The van der Waals surface area contributed by atoms with Gasteiger partial charge in [0.05, 0.1) is 5.02 Å². The summed E-state index contributed by atoms with van der Waals surface area (Å²) in [6.07, 6.45) is 1.68. The number of aromatic nitrogens is 5. The van der Waals surface area contributed by atoms with Gasteiger partial charge in [0.2, 0.25) is 5.16 Å². The van der Waals surface area contributed by atoms with Crippen molar-refractivity contribution < 1.29 is 0 Å². The van der Waals surface area contributed by atoms with Crippen molar-refractivity contribution in [1.29, 1.82) is 0 Å². The average molecular weight is 228 g/mol. The van der Waals surface area contributed by atoms with E-state index in [1.165, 1.54) is 11.8 Å². The first kappa shape index (κ1) is 9.42. The number of hydrogen-bond acceptors (Lipinski definition) is 5. The fourth-order valence-corrected chi connectivity index (χ4v) is 1.78. The van der Waals surface area contributed by atoms with E-state index in [1.807, 2.05) is 0 Å². The van der Waals surface area contributed by atoms with Gasteiger partial charge in [-0.3, -0.25) is 0 Å². The molecule has 2 rings (SSSR count). The van der Waals surface area contributed by atoms with E-state index in [2.05, 4.69) is 20.5 Å². The quantitative estimate of drug-likeness (QED) is 0.777. The van der Waals surface area contributed by atoms with Gasteiger partial charge in [0, 0.05) is 13.2 Å². The maximum atomic E-state index is 5.93. The molecule has 0 spiro atoms. The predicted molar refractivity (Wildman–Crippen MR) is 52.2 cm³/mol. The third-order valence-corrected chi connectivity index (χ3v) is 2.96. The van der Waals surface area contributed by atoms with E-state index in [-0.39, 0.29) is 0 Å². The van der Waals surface area contributed by atoms with Crippen molar-refractivity contribution in [2.45, 2.75) is 10.2 Å². The molecule has 0 N–H and O–H groups in total. The Bertz CT molecular complexity index is 443. The normalized spacial score (nSPS) is 10.4. The van der Waals surface area contributed by atoms with Crippen LogP contribution in [0.1, 0.15) is 0 Å². The fraction of sp³-hybridized carbons (Fsp3) is 0.143. The van der Waals surface area contributed by atoms with E-state index in [0.717, 1.165) is 0 Å². The summed E-state index contributed by atoms with van der Waals surface area (Å²) in [6.45, 7) is 0.